The van der Waals surface area contributed by atoms with Crippen molar-refractivity contribution in [2.45, 2.75) is 46.7 Å². The third kappa shape index (κ3) is 2.10. The summed E-state index contributed by atoms with van der Waals surface area (Å²) in [6, 6.07) is 0. The summed E-state index contributed by atoms with van der Waals surface area (Å²) in [5, 5.41) is 8.73. The fourth-order valence-electron chi connectivity index (χ4n) is 2.14. The molecule has 0 bridgehead atoms. The van der Waals surface area contributed by atoms with Crippen LogP contribution >= 0.6 is 0 Å². The van der Waals surface area contributed by atoms with E-state index in [-0.39, 0.29) is 0 Å². The third-order valence-corrected chi connectivity index (χ3v) is 3.13. The SMILES string of the molecule is CCc1nn(Cc2ncnn2CC)c(CC)c1N. The second-order valence-electron chi connectivity index (χ2n) is 4.16. The molecule has 0 aliphatic heterocycles. The highest BCUT2D eigenvalue weighted by molar-refractivity contribution is 5.48. The van der Waals surface area contributed by atoms with Crippen LogP contribution in [0.1, 0.15) is 38.0 Å². The van der Waals surface area contributed by atoms with Gasteiger partial charge in [0, 0.05) is 6.54 Å². The predicted molar refractivity (Wildman–Crippen MR) is 70.2 cm³/mol. The highest BCUT2D eigenvalue weighted by Gasteiger charge is 2.14. The summed E-state index contributed by atoms with van der Waals surface area (Å²) in [6.07, 6.45) is 3.31. The first-order valence-electron chi connectivity index (χ1n) is 6.41. The van der Waals surface area contributed by atoms with Gasteiger partial charge in [0.15, 0.2) is 0 Å². The normalized spacial score (nSPS) is 11.1. The number of aromatic nitrogens is 5. The van der Waals surface area contributed by atoms with Crippen molar-refractivity contribution in [1.82, 2.24) is 24.5 Å². The van der Waals surface area contributed by atoms with E-state index >= 15 is 0 Å². The molecule has 18 heavy (non-hydrogen) atoms. The molecule has 0 fully saturated rings. The number of nitrogens with two attached hydrogens (primary N) is 1. The van der Waals surface area contributed by atoms with Gasteiger partial charge in [-0.1, -0.05) is 13.8 Å². The molecule has 0 radical (unpaired) electrons. The van der Waals surface area contributed by atoms with Crippen LogP contribution in [0.3, 0.4) is 0 Å². The van der Waals surface area contributed by atoms with Gasteiger partial charge in [0.05, 0.1) is 17.1 Å². The van der Waals surface area contributed by atoms with E-state index < -0.39 is 0 Å². The summed E-state index contributed by atoms with van der Waals surface area (Å²) in [6.45, 7) is 7.65. The molecule has 0 saturated carbocycles. The van der Waals surface area contributed by atoms with E-state index in [0.29, 0.717) is 6.54 Å². The van der Waals surface area contributed by atoms with Crippen molar-refractivity contribution in [3.8, 4) is 0 Å². The van der Waals surface area contributed by atoms with Crippen LogP contribution in [-0.2, 0) is 25.9 Å². The average Bonchev–Trinajstić information content (AvgIpc) is 2.94. The molecule has 0 unspecified atom stereocenters. The Morgan fingerprint density at radius 1 is 1.17 bits per heavy atom. The summed E-state index contributed by atoms with van der Waals surface area (Å²) in [4.78, 5) is 4.27. The quantitative estimate of drug-likeness (QED) is 0.864. The monoisotopic (exact) mass is 248 g/mol. The van der Waals surface area contributed by atoms with Crippen molar-refractivity contribution in [3.05, 3.63) is 23.5 Å². The number of nitrogen functional groups attached to an aromatic ring is 1. The summed E-state index contributed by atoms with van der Waals surface area (Å²) in [5.41, 5.74) is 8.97. The Morgan fingerprint density at radius 2 is 1.94 bits per heavy atom. The summed E-state index contributed by atoms with van der Waals surface area (Å²) >= 11 is 0. The minimum absolute atomic E-state index is 0.626. The fraction of sp³-hybridized carbons (Fsp3) is 0.583. The van der Waals surface area contributed by atoms with Gasteiger partial charge < -0.3 is 5.73 Å². The fourth-order valence-corrected chi connectivity index (χ4v) is 2.14. The van der Waals surface area contributed by atoms with Crippen LogP contribution in [0.15, 0.2) is 6.33 Å². The van der Waals surface area contributed by atoms with Gasteiger partial charge in [-0.2, -0.15) is 10.2 Å². The van der Waals surface area contributed by atoms with Crippen LogP contribution < -0.4 is 5.73 Å². The molecule has 0 aromatic carbocycles. The van der Waals surface area contributed by atoms with E-state index in [1.165, 1.54) is 0 Å². The van der Waals surface area contributed by atoms with Gasteiger partial charge >= 0.3 is 0 Å². The molecule has 2 rings (SSSR count). The molecule has 0 amide bonds. The highest BCUT2D eigenvalue weighted by atomic mass is 15.4. The first-order chi connectivity index (χ1) is 8.71. The Hall–Kier alpha value is -1.85. The van der Waals surface area contributed by atoms with Crippen molar-refractivity contribution in [2.24, 2.45) is 0 Å². The smallest absolute Gasteiger partial charge is 0.148 e. The molecule has 6 nitrogen and oxygen atoms in total. The van der Waals surface area contributed by atoms with Gasteiger partial charge in [0.1, 0.15) is 18.7 Å². The van der Waals surface area contributed by atoms with Gasteiger partial charge in [0.2, 0.25) is 0 Å². The zero-order valence-corrected chi connectivity index (χ0v) is 11.2. The first-order valence-corrected chi connectivity index (χ1v) is 6.41. The molecule has 0 atom stereocenters. The maximum atomic E-state index is 6.10. The first kappa shape index (κ1) is 12.6. The Morgan fingerprint density at radius 3 is 2.56 bits per heavy atom. The second-order valence-corrected chi connectivity index (χ2v) is 4.16. The van der Waals surface area contributed by atoms with E-state index in [1.807, 2.05) is 16.3 Å². The maximum absolute atomic E-state index is 6.10. The number of hydrogen-bond donors (Lipinski definition) is 1. The topological polar surface area (TPSA) is 74.5 Å². The zero-order chi connectivity index (χ0) is 13.1. The largest absolute Gasteiger partial charge is 0.396 e. The number of aryl methyl sites for hydroxylation is 2. The van der Waals surface area contributed by atoms with Crippen LogP contribution in [0.5, 0.6) is 0 Å². The molecule has 0 saturated heterocycles. The Labute approximate surface area is 107 Å². The van der Waals surface area contributed by atoms with E-state index in [0.717, 1.165) is 42.3 Å². The molecular weight excluding hydrogens is 228 g/mol. The van der Waals surface area contributed by atoms with Crippen molar-refractivity contribution >= 4 is 5.69 Å². The van der Waals surface area contributed by atoms with E-state index in [9.17, 15) is 0 Å². The van der Waals surface area contributed by atoms with Crippen LogP contribution in [0.4, 0.5) is 5.69 Å². The Balaban J connectivity index is 2.34. The van der Waals surface area contributed by atoms with Crippen molar-refractivity contribution in [3.63, 3.8) is 0 Å². The summed E-state index contributed by atoms with van der Waals surface area (Å²) in [5.74, 6) is 0.914. The third-order valence-electron chi connectivity index (χ3n) is 3.13. The molecule has 2 N–H and O–H groups in total. The highest BCUT2D eigenvalue weighted by Crippen LogP contribution is 2.19. The standard InChI is InChI=1S/C12H20N6/c1-4-9-12(13)10(5-2)18(16-9)7-11-14-8-15-17(11)6-3/h8H,4-7,13H2,1-3H3. The van der Waals surface area contributed by atoms with Crippen molar-refractivity contribution in [2.75, 3.05) is 5.73 Å². The number of hydrogen-bond acceptors (Lipinski definition) is 4. The van der Waals surface area contributed by atoms with E-state index in [1.54, 1.807) is 6.33 Å². The van der Waals surface area contributed by atoms with Crippen molar-refractivity contribution in [1.29, 1.82) is 0 Å². The second kappa shape index (κ2) is 5.20. The summed E-state index contributed by atoms with van der Waals surface area (Å²) in [7, 11) is 0. The average molecular weight is 248 g/mol. The molecule has 2 aromatic heterocycles. The molecule has 2 aromatic rings. The maximum Gasteiger partial charge on any atom is 0.148 e. The van der Waals surface area contributed by atoms with Crippen LogP contribution in [0, 0.1) is 0 Å². The molecule has 6 heteroatoms. The van der Waals surface area contributed by atoms with Gasteiger partial charge in [-0.25, -0.2) is 9.67 Å². The lowest BCUT2D eigenvalue weighted by atomic mass is 10.2. The predicted octanol–water partition coefficient (Wildman–Crippen LogP) is 1.25. The lowest BCUT2D eigenvalue weighted by Gasteiger charge is -2.06. The van der Waals surface area contributed by atoms with Crippen LogP contribution in [-0.4, -0.2) is 24.5 Å². The molecule has 98 valence electrons. The number of nitrogens with zero attached hydrogens (tertiary/aromatic N) is 5. The minimum Gasteiger partial charge on any atom is -0.396 e. The van der Waals surface area contributed by atoms with E-state index in [2.05, 4.69) is 29.0 Å². The molecular formula is C12H20N6. The van der Waals surface area contributed by atoms with Gasteiger partial charge in [-0.15, -0.1) is 0 Å². The Bertz CT molecular complexity index is 525. The Kier molecular flexibility index (Phi) is 3.64. The minimum atomic E-state index is 0.626. The lowest BCUT2D eigenvalue weighted by molar-refractivity contribution is 0.553. The number of rotatable bonds is 5. The molecule has 0 aliphatic carbocycles. The molecule has 0 aliphatic rings. The van der Waals surface area contributed by atoms with Crippen LogP contribution in [0.25, 0.3) is 0 Å². The lowest BCUT2D eigenvalue weighted by Crippen LogP contribution is -2.12. The molecule has 0 spiro atoms. The van der Waals surface area contributed by atoms with Gasteiger partial charge in [-0.05, 0) is 19.8 Å². The van der Waals surface area contributed by atoms with E-state index in [4.69, 9.17) is 5.73 Å². The molecule has 2 heterocycles. The van der Waals surface area contributed by atoms with Gasteiger partial charge in [0.25, 0.3) is 0 Å². The van der Waals surface area contributed by atoms with Gasteiger partial charge in [-0.3, -0.25) is 4.68 Å². The van der Waals surface area contributed by atoms with Crippen LogP contribution in [0.2, 0.25) is 0 Å². The number of anilines is 1. The van der Waals surface area contributed by atoms with Crippen molar-refractivity contribution < 1.29 is 0 Å². The summed E-state index contributed by atoms with van der Waals surface area (Å²) < 4.78 is 3.83. The zero-order valence-electron chi connectivity index (χ0n) is 11.2.